The third-order valence-electron chi connectivity index (χ3n) is 5.40. The summed E-state index contributed by atoms with van der Waals surface area (Å²) in [7, 11) is 0. The van der Waals surface area contributed by atoms with E-state index in [2.05, 4.69) is 39.5 Å². The number of benzene rings is 4. The fraction of sp³-hybridized carbons (Fsp3) is 0.0968. The summed E-state index contributed by atoms with van der Waals surface area (Å²) < 4.78 is 5.80. The first-order valence-electron chi connectivity index (χ1n) is 11.9. The van der Waals surface area contributed by atoms with Gasteiger partial charge in [-0.15, -0.1) is 0 Å². The summed E-state index contributed by atoms with van der Waals surface area (Å²) >= 11 is 0. The predicted molar refractivity (Wildman–Crippen MR) is 148 cm³/mol. The van der Waals surface area contributed by atoms with Gasteiger partial charge >= 0.3 is 0 Å². The van der Waals surface area contributed by atoms with Crippen molar-refractivity contribution >= 4 is 35.4 Å². The number of hydrogen-bond donors (Lipinski definition) is 1. The number of hydrogen-bond acceptors (Lipinski definition) is 4. The molecule has 0 saturated carbocycles. The van der Waals surface area contributed by atoms with E-state index in [4.69, 9.17) is 4.74 Å². The zero-order valence-corrected chi connectivity index (χ0v) is 20.2. The van der Waals surface area contributed by atoms with Crippen LogP contribution in [0.2, 0.25) is 0 Å². The summed E-state index contributed by atoms with van der Waals surface area (Å²) in [6.07, 6.45) is 2.41. The summed E-state index contributed by atoms with van der Waals surface area (Å²) in [4.78, 5) is 18.5. The number of aliphatic imine (C=N–C) groups is 1. The molecule has 180 valence electrons. The first kappa shape index (κ1) is 24.5. The fourth-order valence-electron chi connectivity index (χ4n) is 3.71. The van der Waals surface area contributed by atoms with Crippen molar-refractivity contribution in [1.29, 1.82) is 0 Å². The molecule has 0 heterocycles. The summed E-state index contributed by atoms with van der Waals surface area (Å²) in [6, 6.07) is 38.6. The number of carbonyl (C=O) groups excluding carboxylic acids is 1. The number of carbonyl (C=O) groups is 1. The van der Waals surface area contributed by atoms with E-state index in [1.165, 1.54) is 0 Å². The average Bonchev–Trinajstić information content (AvgIpc) is 2.94. The molecule has 0 aromatic heterocycles. The second-order valence-corrected chi connectivity index (χ2v) is 8.00. The number of rotatable bonds is 9. The number of anilines is 3. The highest BCUT2D eigenvalue weighted by atomic mass is 16.5. The van der Waals surface area contributed by atoms with Crippen LogP contribution in [0.15, 0.2) is 126 Å². The number of nitrogens with one attached hydrogen (secondary N) is 1. The van der Waals surface area contributed by atoms with Gasteiger partial charge in [0.05, 0.1) is 6.54 Å². The zero-order chi connectivity index (χ0) is 25.0. The van der Waals surface area contributed by atoms with Gasteiger partial charge < -0.3 is 15.0 Å². The van der Waals surface area contributed by atoms with E-state index in [9.17, 15) is 4.79 Å². The van der Waals surface area contributed by atoms with Crippen molar-refractivity contribution in [2.24, 2.45) is 4.99 Å². The molecule has 0 aliphatic rings. The van der Waals surface area contributed by atoms with Gasteiger partial charge in [-0.05, 0) is 60.5 Å². The molecule has 5 heteroatoms. The molecule has 1 N–H and O–H groups in total. The largest absolute Gasteiger partial charge is 0.423 e. The van der Waals surface area contributed by atoms with E-state index in [-0.39, 0.29) is 5.76 Å². The maximum atomic E-state index is 11.8. The fourth-order valence-corrected chi connectivity index (χ4v) is 3.71. The van der Waals surface area contributed by atoms with Gasteiger partial charge in [-0.1, -0.05) is 78.9 Å². The van der Waals surface area contributed by atoms with Gasteiger partial charge in [0.1, 0.15) is 0 Å². The van der Waals surface area contributed by atoms with Gasteiger partial charge in [0, 0.05) is 23.6 Å². The molecule has 0 aliphatic heterocycles. The van der Waals surface area contributed by atoms with Gasteiger partial charge in [-0.25, -0.2) is 4.99 Å². The SMILES string of the molecule is CCNC(=NCc1ccccc1)O/C(C=O)=C/c1ccc(N(c2ccccc2)c2ccccc2)cc1. The molecular formula is C31H29N3O2. The minimum absolute atomic E-state index is 0.179. The molecule has 0 radical (unpaired) electrons. The number of para-hydroxylation sites is 2. The van der Waals surface area contributed by atoms with Gasteiger partial charge in [0.15, 0.2) is 12.0 Å². The number of allylic oxidation sites excluding steroid dienone is 1. The molecule has 36 heavy (non-hydrogen) atoms. The molecule has 0 saturated heterocycles. The van der Waals surface area contributed by atoms with E-state index in [1.807, 2.05) is 97.9 Å². The molecule has 0 atom stereocenters. The van der Waals surface area contributed by atoms with E-state index in [0.29, 0.717) is 25.4 Å². The Bertz CT molecular complexity index is 1250. The third-order valence-corrected chi connectivity index (χ3v) is 5.40. The highest BCUT2D eigenvalue weighted by Crippen LogP contribution is 2.34. The van der Waals surface area contributed by atoms with Crippen molar-refractivity contribution in [3.8, 4) is 0 Å². The molecule has 5 nitrogen and oxygen atoms in total. The zero-order valence-electron chi connectivity index (χ0n) is 20.2. The van der Waals surface area contributed by atoms with Crippen LogP contribution in [0, 0.1) is 0 Å². The van der Waals surface area contributed by atoms with Gasteiger partial charge in [0.25, 0.3) is 6.02 Å². The lowest BCUT2D eigenvalue weighted by molar-refractivity contribution is -0.106. The monoisotopic (exact) mass is 475 g/mol. The predicted octanol–water partition coefficient (Wildman–Crippen LogP) is 6.88. The van der Waals surface area contributed by atoms with Crippen molar-refractivity contribution < 1.29 is 9.53 Å². The number of nitrogens with zero attached hydrogens (tertiary/aromatic N) is 2. The number of ether oxygens (including phenoxy) is 1. The van der Waals surface area contributed by atoms with E-state index in [0.717, 1.165) is 28.2 Å². The molecular weight excluding hydrogens is 446 g/mol. The topological polar surface area (TPSA) is 53.9 Å². The highest BCUT2D eigenvalue weighted by molar-refractivity contribution is 5.86. The van der Waals surface area contributed by atoms with Crippen molar-refractivity contribution in [3.05, 3.63) is 132 Å². The molecule has 0 aliphatic carbocycles. The lowest BCUT2D eigenvalue weighted by Crippen LogP contribution is -2.26. The van der Waals surface area contributed by atoms with Gasteiger partial charge in [-0.3, -0.25) is 4.79 Å². The van der Waals surface area contributed by atoms with E-state index < -0.39 is 0 Å². The molecule has 0 unspecified atom stereocenters. The first-order valence-corrected chi connectivity index (χ1v) is 11.9. The Morgan fingerprint density at radius 3 is 1.83 bits per heavy atom. The summed E-state index contributed by atoms with van der Waals surface area (Å²) in [6.45, 7) is 3.04. The Balaban J connectivity index is 1.55. The molecule has 0 spiro atoms. The van der Waals surface area contributed by atoms with Crippen LogP contribution in [0.1, 0.15) is 18.1 Å². The second-order valence-electron chi connectivity index (χ2n) is 8.00. The Hall–Kier alpha value is -4.64. The quantitative estimate of drug-likeness (QED) is 0.0943. The van der Waals surface area contributed by atoms with Crippen molar-refractivity contribution in [1.82, 2.24) is 5.32 Å². The molecule has 0 amide bonds. The van der Waals surface area contributed by atoms with Crippen molar-refractivity contribution in [3.63, 3.8) is 0 Å². The molecule has 0 fully saturated rings. The maximum absolute atomic E-state index is 11.8. The van der Waals surface area contributed by atoms with Crippen LogP contribution in [0.3, 0.4) is 0 Å². The molecule has 4 aromatic carbocycles. The van der Waals surface area contributed by atoms with Crippen molar-refractivity contribution in [2.45, 2.75) is 13.5 Å². The minimum Gasteiger partial charge on any atom is -0.423 e. The number of amidine groups is 1. The van der Waals surface area contributed by atoms with Crippen LogP contribution < -0.4 is 10.2 Å². The normalized spacial score (nSPS) is 11.6. The van der Waals surface area contributed by atoms with Crippen LogP contribution >= 0.6 is 0 Å². The Morgan fingerprint density at radius 1 is 0.778 bits per heavy atom. The Morgan fingerprint density at radius 2 is 1.31 bits per heavy atom. The van der Waals surface area contributed by atoms with Crippen molar-refractivity contribution in [2.75, 3.05) is 11.4 Å². The number of aldehydes is 1. The highest BCUT2D eigenvalue weighted by Gasteiger charge is 2.12. The molecule has 0 bridgehead atoms. The van der Waals surface area contributed by atoms with Crippen LogP contribution in [0.5, 0.6) is 0 Å². The minimum atomic E-state index is 0.179. The summed E-state index contributed by atoms with van der Waals surface area (Å²) in [5.74, 6) is 0.179. The third kappa shape index (κ3) is 6.70. The van der Waals surface area contributed by atoms with E-state index >= 15 is 0 Å². The second kappa shape index (κ2) is 12.7. The van der Waals surface area contributed by atoms with Gasteiger partial charge in [0.2, 0.25) is 0 Å². The van der Waals surface area contributed by atoms with Crippen LogP contribution in [-0.4, -0.2) is 18.9 Å². The molecule has 4 rings (SSSR count). The lowest BCUT2D eigenvalue weighted by Gasteiger charge is -2.25. The Kier molecular flexibility index (Phi) is 8.65. The maximum Gasteiger partial charge on any atom is 0.290 e. The lowest BCUT2D eigenvalue weighted by atomic mass is 10.1. The van der Waals surface area contributed by atoms with Crippen LogP contribution in [-0.2, 0) is 16.1 Å². The Labute approximate surface area is 212 Å². The average molecular weight is 476 g/mol. The van der Waals surface area contributed by atoms with Crippen LogP contribution in [0.25, 0.3) is 6.08 Å². The first-order chi connectivity index (χ1) is 17.8. The van der Waals surface area contributed by atoms with E-state index in [1.54, 1.807) is 6.08 Å². The molecule has 4 aromatic rings. The summed E-state index contributed by atoms with van der Waals surface area (Å²) in [5.41, 5.74) is 5.05. The van der Waals surface area contributed by atoms with Crippen LogP contribution in [0.4, 0.5) is 17.1 Å². The smallest absolute Gasteiger partial charge is 0.290 e. The summed E-state index contributed by atoms with van der Waals surface area (Å²) in [5, 5.41) is 3.09. The standard InChI is InChI=1S/C31H29N3O2/c1-2-32-31(33-23-26-12-6-3-7-13-26)36-30(24-35)22-25-18-20-29(21-19-25)34(27-14-8-4-9-15-27)28-16-10-5-11-17-28/h3-22,24H,2,23H2,1H3,(H,32,33)/b30-22+. The van der Waals surface area contributed by atoms with Gasteiger partial charge in [-0.2, -0.15) is 0 Å².